The summed E-state index contributed by atoms with van der Waals surface area (Å²) in [5.74, 6) is -2.08. The molecule has 6 nitrogen and oxygen atoms in total. The Morgan fingerprint density at radius 2 is 1.55 bits per heavy atom. The fourth-order valence-corrected chi connectivity index (χ4v) is 3.09. The van der Waals surface area contributed by atoms with Crippen LogP contribution in [-0.4, -0.2) is 11.6 Å². The van der Waals surface area contributed by atoms with Crippen molar-refractivity contribution >= 4 is 33.5 Å². The van der Waals surface area contributed by atoms with Crippen molar-refractivity contribution in [3.05, 3.63) is 108 Å². The van der Waals surface area contributed by atoms with Crippen molar-refractivity contribution in [2.45, 2.75) is 0 Å². The number of furan rings is 2. The van der Waals surface area contributed by atoms with Gasteiger partial charge in [0, 0.05) is 10.8 Å². The number of nitrogens with zero attached hydrogens (tertiary/aromatic N) is 2. The number of hydrogen-bond acceptors (Lipinski definition) is 5. The van der Waals surface area contributed by atoms with E-state index in [0.29, 0.717) is 11.2 Å². The number of ketones is 2. The zero-order valence-electron chi connectivity index (χ0n) is 16.1. The van der Waals surface area contributed by atoms with Crippen LogP contribution in [0.4, 0.5) is 0 Å². The Hall–Kier alpha value is -4.68. The van der Waals surface area contributed by atoms with E-state index in [4.69, 9.17) is 15.4 Å². The van der Waals surface area contributed by atoms with Gasteiger partial charge in [0.15, 0.2) is 11.5 Å². The minimum atomic E-state index is -1.12. The molecule has 0 aliphatic rings. The van der Waals surface area contributed by atoms with Gasteiger partial charge in [0.05, 0.1) is 12.6 Å². The third-order valence-electron chi connectivity index (χ3n) is 4.65. The number of rotatable bonds is 6. The lowest BCUT2D eigenvalue weighted by molar-refractivity contribution is 0.0942. The van der Waals surface area contributed by atoms with Crippen molar-refractivity contribution in [2.75, 3.05) is 0 Å². The number of fused-ring (bicyclic) bond motifs is 2. The van der Waals surface area contributed by atoms with Crippen molar-refractivity contribution in [2.24, 2.45) is 5.92 Å². The zero-order chi connectivity index (χ0) is 21.8. The van der Waals surface area contributed by atoms with Gasteiger partial charge in [-0.15, -0.1) is 0 Å². The van der Waals surface area contributed by atoms with Gasteiger partial charge in [-0.25, -0.2) is 4.85 Å². The van der Waals surface area contributed by atoms with Gasteiger partial charge in [-0.3, -0.25) is 9.59 Å². The van der Waals surface area contributed by atoms with Crippen molar-refractivity contribution < 1.29 is 18.4 Å². The first-order valence-electron chi connectivity index (χ1n) is 9.32. The fraction of sp³-hybridized carbons (Fsp3) is 0.0400. The van der Waals surface area contributed by atoms with Gasteiger partial charge >= 0.3 is 0 Å². The second kappa shape index (κ2) is 8.36. The molecule has 6 heteroatoms. The monoisotopic (exact) mass is 406 g/mol. The van der Waals surface area contributed by atoms with E-state index >= 15 is 0 Å². The molecule has 148 valence electrons. The summed E-state index contributed by atoms with van der Waals surface area (Å²) in [7, 11) is 0. The molecule has 31 heavy (non-hydrogen) atoms. The number of carbonyl (C=O) groups is 2. The Labute approximate surface area is 177 Å². The van der Waals surface area contributed by atoms with Gasteiger partial charge in [-0.1, -0.05) is 54.6 Å². The van der Waals surface area contributed by atoms with Crippen LogP contribution < -0.4 is 0 Å². The molecule has 0 aliphatic carbocycles. The van der Waals surface area contributed by atoms with E-state index in [1.807, 2.05) is 18.2 Å². The molecule has 2 heterocycles. The number of Topliss-reactive ketones (excluding diaryl/α,β-unsaturated/α-hetero) is 2. The average molecular weight is 406 g/mol. The van der Waals surface area contributed by atoms with Crippen LogP contribution in [0.3, 0.4) is 0 Å². The predicted octanol–water partition coefficient (Wildman–Crippen LogP) is 5.74. The third kappa shape index (κ3) is 3.91. The highest BCUT2D eigenvalue weighted by atomic mass is 16.3. The van der Waals surface area contributed by atoms with Crippen molar-refractivity contribution in [1.29, 1.82) is 5.26 Å². The minimum absolute atomic E-state index is 0.0482. The van der Waals surface area contributed by atoms with Crippen LogP contribution in [-0.2, 0) is 0 Å². The summed E-state index contributed by atoms with van der Waals surface area (Å²) in [6, 6.07) is 19.4. The number of allylic oxidation sites excluding steroid dienone is 4. The maximum Gasteiger partial charge on any atom is 0.237 e. The van der Waals surface area contributed by atoms with Crippen molar-refractivity contribution in [3.63, 3.8) is 0 Å². The lowest BCUT2D eigenvalue weighted by atomic mass is 10.0. The number of benzene rings is 2. The van der Waals surface area contributed by atoms with E-state index in [-0.39, 0.29) is 17.2 Å². The summed E-state index contributed by atoms with van der Waals surface area (Å²) in [5.41, 5.74) is 0.910. The summed E-state index contributed by atoms with van der Waals surface area (Å²) in [6.45, 7) is 7.30. The lowest BCUT2D eigenvalue weighted by Crippen LogP contribution is -2.09. The third-order valence-corrected chi connectivity index (χ3v) is 4.65. The highest BCUT2D eigenvalue weighted by molar-refractivity contribution is 6.10. The first-order chi connectivity index (χ1) is 15.1. The van der Waals surface area contributed by atoms with Gasteiger partial charge in [0.2, 0.25) is 17.3 Å². The van der Waals surface area contributed by atoms with Crippen LogP contribution in [0.5, 0.6) is 0 Å². The van der Waals surface area contributed by atoms with Crippen LogP contribution in [0.25, 0.3) is 26.8 Å². The fourth-order valence-electron chi connectivity index (χ4n) is 3.09. The largest absolute Gasteiger partial charge is 0.454 e. The summed E-state index contributed by atoms with van der Waals surface area (Å²) in [6.07, 6.45) is 3.94. The Bertz CT molecular complexity index is 1390. The highest BCUT2D eigenvalue weighted by Gasteiger charge is 2.21. The highest BCUT2D eigenvalue weighted by Crippen LogP contribution is 2.23. The maximum absolute atomic E-state index is 12.6. The van der Waals surface area contributed by atoms with Gasteiger partial charge in [-0.05, 0) is 24.3 Å². The number of nitriles is 1. The first-order valence-corrected chi connectivity index (χ1v) is 9.32. The Kier molecular flexibility index (Phi) is 5.29. The van der Waals surface area contributed by atoms with E-state index in [1.165, 1.54) is 18.2 Å². The zero-order valence-corrected chi connectivity index (χ0v) is 16.1. The molecule has 1 atom stereocenters. The number of carbonyl (C=O) groups excluding carboxylic acids is 2. The molecular weight excluding hydrogens is 392 g/mol. The van der Waals surface area contributed by atoms with E-state index in [0.717, 1.165) is 10.8 Å². The Balaban J connectivity index is 1.54. The Morgan fingerprint density at radius 3 is 2.13 bits per heavy atom. The van der Waals surface area contributed by atoms with Gasteiger partial charge < -0.3 is 8.83 Å². The first kappa shape index (κ1) is 19.6. The quantitative estimate of drug-likeness (QED) is 0.176. The minimum Gasteiger partial charge on any atom is -0.454 e. The van der Waals surface area contributed by atoms with Crippen LogP contribution in [0.15, 0.2) is 93.4 Å². The summed E-state index contributed by atoms with van der Waals surface area (Å²) in [4.78, 5) is 28.5. The standard InChI is InChI=1S/C25H14N2O4/c1-27-19(25(29)23-14-17-8-3-5-12-21(17)31-23)10-6-9-18(15-26)24(28)22-13-16-7-2-4-11-20(16)30-22/h2-14,18H. The second-order valence-electron chi connectivity index (χ2n) is 6.65. The molecule has 2 aromatic heterocycles. The van der Waals surface area contributed by atoms with E-state index < -0.39 is 17.5 Å². The van der Waals surface area contributed by atoms with Gasteiger partial charge in [0.1, 0.15) is 17.1 Å². The molecule has 0 saturated heterocycles. The van der Waals surface area contributed by atoms with Crippen molar-refractivity contribution in [3.8, 4) is 6.07 Å². The topological polar surface area (TPSA) is 88.6 Å². The Morgan fingerprint density at radius 1 is 0.968 bits per heavy atom. The summed E-state index contributed by atoms with van der Waals surface area (Å²) < 4.78 is 11.0. The molecule has 0 saturated carbocycles. The molecule has 1 unspecified atom stereocenters. The molecule has 0 amide bonds. The van der Waals surface area contributed by atoms with E-state index in [9.17, 15) is 14.9 Å². The van der Waals surface area contributed by atoms with Crippen molar-refractivity contribution in [1.82, 2.24) is 0 Å². The van der Waals surface area contributed by atoms with Gasteiger partial charge in [-0.2, -0.15) is 5.26 Å². The van der Waals surface area contributed by atoms with E-state index in [1.54, 1.807) is 48.5 Å². The smallest absolute Gasteiger partial charge is 0.237 e. The molecule has 4 aromatic rings. The van der Waals surface area contributed by atoms with Crippen LogP contribution >= 0.6 is 0 Å². The molecule has 2 aromatic carbocycles. The summed E-state index contributed by atoms with van der Waals surface area (Å²) >= 11 is 0. The molecule has 0 radical (unpaired) electrons. The number of para-hydroxylation sites is 2. The van der Waals surface area contributed by atoms with Crippen LogP contribution in [0.2, 0.25) is 0 Å². The lowest BCUT2D eigenvalue weighted by Gasteiger charge is -1.99. The molecular formula is C25H14N2O4. The predicted molar refractivity (Wildman–Crippen MR) is 114 cm³/mol. The maximum atomic E-state index is 12.6. The molecule has 4 rings (SSSR count). The number of hydrogen-bond donors (Lipinski definition) is 0. The van der Waals surface area contributed by atoms with E-state index in [2.05, 4.69) is 4.85 Å². The molecule has 0 fully saturated rings. The molecule has 0 bridgehead atoms. The van der Waals surface area contributed by atoms with Crippen LogP contribution in [0, 0.1) is 23.8 Å². The van der Waals surface area contributed by atoms with Crippen LogP contribution in [0.1, 0.15) is 21.1 Å². The molecule has 0 aliphatic heterocycles. The second-order valence-corrected chi connectivity index (χ2v) is 6.65. The van der Waals surface area contributed by atoms with Gasteiger partial charge in [0.25, 0.3) is 0 Å². The molecule has 0 N–H and O–H groups in total. The summed E-state index contributed by atoms with van der Waals surface area (Å²) in [5, 5.41) is 10.9. The average Bonchev–Trinajstić information content (AvgIpc) is 3.42. The molecule has 0 spiro atoms. The SMILES string of the molecule is [C-]#[N+]C(=CC=CC(C#N)C(=O)c1cc2ccccc2o1)C(=O)c1cc2ccccc2o1. The normalized spacial score (nSPS) is 12.6.